The number of piperazine rings is 1. The number of likely N-dealkylation sites (N-methyl/N-ethyl adjacent to an activating group) is 1. The van der Waals surface area contributed by atoms with Gasteiger partial charge in [0.2, 0.25) is 0 Å². The number of nitrogens with two attached hydrogens (primary N) is 1. The van der Waals surface area contributed by atoms with Crippen molar-refractivity contribution in [2.45, 2.75) is 13.0 Å². The minimum Gasteiger partial charge on any atom is -0.409 e. The Kier molecular flexibility index (Phi) is 3.72. The van der Waals surface area contributed by atoms with E-state index >= 15 is 0 Å². The molecule has 0 radical (unpaired) electrons. The molecule has 2 rings (SSSR count). The van der Waals surface area contributed by atoms with E-state index in [2.05, 4.69) is 28.9 Å². The molecular weight excluding hydrogens is 228 g/mol. The molecule has 18 heavy (non-hydrogen) atoms. The van der Waals surface area contributed by atoms with Crippen LogP contribution in [0.2, 0.25) is 0 Å². The Morgan fingerprint density at radius 2 is 2.11 bits per heavy atom. The predicted molar refractivity (Wildman–Crippen MR) is 73.3 cm³/mol. The van der Waals surface area contributed by atoms with E-state index in [9.17, 15) is 0 Å². The highest BCUT2D eigenvalue weighted by molar-refractivity contribution is 6.02. The van der Waals surface area contributed by atoms with Gasteiger partial charge in [-0.15, -0.1) is 0 Å². The van der Waals surface area contributed by atoms with E-state index in [4.69, 9.17) is 10.9 Å². The van der Waals surface area contributed by atoms with Crippen molar-refractivity contribution >= 4 is 11.5 Å². The van der Waals surface area contributed by atoms with Gasteiger partial charge < -0.3 is 20.7 Å². The highest BCUT2D eigenvalue weighted by atomic mass is 16.4. The molecule has 0 aliphatic carbocycles. The summed E-state index contributed by atoms with van der Waals surface area (Å²) in [5, 5.41) is 11.9. The SMILES string of the molecule is CC1CN(c2ccccc2C(N)=NO)CCN1C. The van der Waals surface area contributed by atoms with Crippen LogP contribution < -0.4 is 10.6 Å². The molecule has 1 aliphatic rings. The van der Waals surface area contributed by atoms with E-state index in [1.807, 2.05) is 24.3 Å². The molecule has 0 bridgehead atoms. The fourth-order valence-electron chi connectivity index (χ4n) is 2.29. The van der Waals surface area contributed by atoms with Crippen molar-refractivity contribution in [1.82, 2.24) is 4.90 Å². The van der Waals surface area contributed by atoms with Gasteiger partial charge in [0.05, 0.1) is 0 Å². The monoisotopic (exact) mass is 248 g/mol. The number of nitrogens with zero attached hydrogens (tertiary/aromatic N) is 3. The first-order valence-corrected chi connectivity index (χ1v) is 6.15. The minimum atomic E-state index is 0.164. The zero-order valence-corrected chi connectivity index (χ0v) is 10.9. The average Bonchev–Trinajstić information content (AvgIpc) is 2.41. The summed E-state index contributed by atoms with van der Waals surface area (Å²) >= 11 is 0. The maximum Gasteiger partial charge on any atom is 0.172 e. The molecule has 5 nitrogen and oxygen atoms in total. The fraction of sp³-hybridized carbons (Fsp3) is 0.462. The molecule has 1 aromatic rings. The van der Waals surface area contributed by atoms with Crippen LogP contribution in [0.3, 0.4) is 0 Å². The second-order valence-electron chi connectivity index (χ2n) is 4.78. The molecule has 5 heteroatoms. The zero-order chi connectivity index (χ0) is 13.1. The predicted octanol–water partition coefficient (Wildman–Crippen LogP) is 0.921. The Hall–Kier alpha value is -1.75. The van der Waals surface area contributed by atoms with Crippen LogP contribution in [0.25, 0.3) is 0 Å². The molecule has 3 N–H and O–H groups in total. The third-order valence-electron chi connectivity index (χ3n) is 3.59. The Bertz CT molecular complexity index is 446. The van der Waals surface area contributed by atoms with Crippen LogP contribution in [0.1, 0.15) is 12.5 Å². The van der Waals surface area contributed by atoms with Crippen LogP contribution in [0, 0.1) is 0 Å². The number of benzene rings is 1. The highest BCUT2D eigenvalue weighted by Crippen LogP contribution is 2.22. The number of hydrogen-bond donors (Lipinski definition) is 2. The lowest BCUT2D eigenvalue weighted by molar-refractivity contribution is 0.234. The van der Waals surface area contributed by atoms with Crippen LogP contribution in [-0.2, 0) is 0 Å². The van der Waals surface area contributed by atoms with Crippen molar-refractivity contribution < 1.29 is 5.21 Å². The Morgan fingerprint density at radius 3 is 2.78 bits per heavy atom. The largest absolute Gasteiger partial charge is 0.409 e. The Morgan fingerprint density at radius 1 is 1.39 bits per heavy atom. The van der Waals surface area contributed by atoms with Crippen LogP contribution in [0.5, 0.6) is 0 Å². The molecule has 0 saturated carbocycles. The van der Waals surface area contributed by atoms with Gasteiger partial charge in [-0.3, -0.25) is 0 Å². The third kappa shape index (κ3) is 2.41. The summed E-state index contributed by atoms with van der Waals surface area (Å²) in [6, 6.07) is 8.28. The normalized spacial score (nSPS) is 22.2. The maximum atomic E-state index is 8.84. The summed E-state index contributed by atoms with van der Waals surface area (Å²) in [4.78, 5) is 4.63. The number of oxime groups is 1. The van der Waals surface area contributed by atoms with Crippen molar-refractivity contribution in [1.29, 1.82) is 0 Å². The van der Waals surface area contributed by atoms with Gasteiger partial charge in [-0.1, -0.05) is 17.3 Å². The van der Waals surface area contributed by atoms with E-state index in [-0.39, 0.29) is 5.84 Å². The summed E-state index contributed by atoms with van der Waals surface area (Å²) in [5.74, 6) is 0.164. The van der Waals surface area contributed by atoms with Crippen molar-refractivity contribution in [3.8, 4) is 0 Å². The van der Waals surface area contributed by atoms with E-state index in [1.54, 1.807) is 0 Å². The smallest absolute Gasteiger partial charge is 0.172 e. The van der Waals surface area contributed by atoms with Gasteiger partial charge >= 0.3 is 0 Å². The summed E-state index contributed by atoms with van der Waals surface area (Å²) in [6.07, 6.45) is 0. The second kappa shape index (κ2) is 5.27. The van der Waals surface area contributed by atoms with Crippen LogP contribution in [-0.4, -0.2) is 48.7 Å². The molecule has 1 saturated heterocycles. The molecule has 98 valence electrons. The lowest BCUT2D eigenvalue weighted by atomic mass is 10.1. The molecule has 0 aromatic heterocycles. The first-order chi connectivity index (χ1) is 8.63. The van der Waals surface area contributed by atoms with Gasteiger partial charge in [-0.25, -0.2) is 0 Å². The van der Waals surface area contributed by atoms with E-state index in [1.165, 1.54) is 0 Å². The van der Waals surface area contributed by atoms with Crippen LogP contribution in [0.15, 0.2) is 29.4 Å². The first kappa shape index (κ1) is 12.7. The van der Waals surface area contributed by atoms with E-state index < -0.39 is 0 Å². The van der Waals surface area contributed by atoms with Crippen LogP contribution in [0.4, 0.5) is 5.69 Å². The standard InChI is InChI=1S/C13H20N4O/c1-10-9-17(8-7-16(10)2)12-6-4-3-5-11(12)13(14)15-18/h3-6,10,18H,7-9H2,1-2H3,(H2,14,15). The maximum absolute atomic E-state index is 8.84. The Balaban J connectivity index is 2.28. The molecule has 1 aliphatic heterocycles. The second-order valence-corrected chi connectivity index (χ2v) is 4.78. The molecule has 1 unspecified atom stereocenters. The number of anilines is 1. The summed E-state index contributed by atoms with van der Waals surface area (Å²) in [7, 11) is 2.14. The van der Waals surface area contributed by atoms with Crippen molar-refractivity contribution in [2.75, 3.05) is 31.6 Å². The summed E-state index contributed by atoms with van der Waals surface area (Å²) < 4.78 is 0. The first-order valence-electron chi connectivity index (χ1n) is 6.15. The molecule has 1 aromatic carbocycles. The van der Waals surface area contributed by atoms with Gasteiger partial charge in [0, 0.05) is 36.9 Å². The molecule has 1 atom stereocenters. The van der Waals surface area contributed by atoms with Crippen molar-refractivity contribution in [3.63, 3.8) is 0 Å². The molecule has 1 fully saturated rings. The molecular formula is C13H20N4O. The highest BCUT2D eigenvalue weighted by Gasteiger charge is 2.22. The minimum absolute atomic E-state index is 0.164. The third-order valence-corrected chi connectivity index (χ3v) is 3.59. The average molecular weight is 248 g/mol. The van der Waals surface area contributed by atoms with Crippen molar-refractivity contribution in [2.24, 2.45) is 10.9 Å². The van der Waals surface area contributed by atoms with Gasteiger partial charge in [-0.05, 0) is 26.1 Å². The number of para-hydroxylation sites is 1. The summed E-state index contributed by atoms with van der Waals surface area (Å²) in [5.41, 5.74) is 7.55. The summed E-state index contributed by atoms with van der Waals surface area (Å²) in [6.45, 7) is 5.13. The Labute approximate surface area is 107 Å². The van der Waals surface area contributed by atoms with Gasteiger partial charge in [0.15, 0.2) is 5.84 Å². The fourth-order valence-corrected chi connectivity index (χ4v) is 2.29. The van der Waals surface area contributed by atoms with Gasteiger partial charge in [-0.2, -0.15) is 0 Å². The molecule has 0 spiro atoms. The van der Waals surface area contributed by atoms with E-state index in [0.29, 0.717) is 6.04 Å². The number of rotatable bonds is 2. The lowest BCUT2D eigenvalue weighted by Gasteiger charge is -2.39. The number of hydrogen-bond acceptors (Lipinski definition) is 4. The zero-order valence-electron chi connectivity index (χ0n) is 10.9. The lowest BCUT2D eigenvalue weighted by Crippen LogP contribution is -2.50. The van der Waals surface area contributed by atoms with Crippen LogP contribution >= 0.6 is 0 Å². The van der Waals surface area contributed by atoms with Crippen molar-refractivity contribution in [3.05, 3.63) is 29.8 Å². The topological polar surface area (TPSA) is 65.1 Å². The quantitative estimate of drug-likeness (QED) is 0.353. The van der Waals surface area contributed by atoms with Gasteiger partial charge in [0.1, 0.15) is 0 Å². The molecule has 1 heterocycles. The van der Waals surface area contributed by atoms with E-state index in [0.717, 1.165) is 30.9 Å². The number of amidine groups is 1. The van der Waals surface area contributed by atoms with Gasteiger partial charge in [0.25, 0.3) is 0 Å². The molecule has 0 amide bonds.